The molecule has 0 bridgehead atoms. The zero-order valence-electron chi connectivity index (χ0n) is 12.8. The Hall–Kier alpha value is -1.67. The first-order chi connectivity index (χ1) is 10.1. The lowest BCUT2D eigenvalue weighted by atomic mass is 9.94. The molecule has 6 nitrogen and oxygen atoms in total. The van der Waals surface area contributed by atoms with Crippen molar-refractivity contribution in [2.75, 3.05) is 7.05 Å². The normalized spacial score (nSPS) is 24.6. The lowest BCUT2D eigenvalue weighted by Gasteiger charge is -2.37. The van der Waals surface area contributed by atoms with Gasteiger partial charge in [0.25, 0.3) is 5.69 Å². The maximum Gasteiger partial charge on any atom is 0.269 e. The summed E-state index contributed by atoms with van der Waals surface area (Å²) in [6, 6.07) is 5.87. The molecule has 118 valence electrons. The summed E-state index contributed by atoms with van der Waals surface area (Å²) >= 11 is 6.65. The molecule has 0 N–H and O–H groups in total. The van der Waals surface area contributed by atoms with Crippen molar-refractivity contribution in [3.63, 3.8) is 0 Å². The van der Waals surface area contributed by atoms with Crippen LogP contribution in [0.15, 0.2) is 24.3 Å². The SMILES string of the molecule is CN1C(=S)S[C@@](C)(/[N+]([O-])=C\c2ccc([N+](=O)[O-])cc2)C1(C)C. The van der Waals surface area contributed by atoms with Crippen LogP contribution in [0.5, 0.6) is 0 Å². The topological polar surface area (TPSA) is 72.5 Å². The molecule has 0 aliphatic carbocycles. The number of hydrogen-bond donors (Lipinski definition) is 0. The molecule has 1 heterocycles. The van der Waals surface area contributed by atoms with Crippen LogP contribution in [-0.4, -0.2) is 42.6 Å². The van der Waals surface area contributed by atoms with Gasteiger partial charge in [0, 0.05) is 31.7 Å². The minimum Gasteiger partial charge on any atom is -0.623 e. The van der Waals surface area contributed by atoms with Gasteiger partial charge in [0.2, 0.25) is 4.87 Å². The highest BCUT2D eigenvalue weighted by Crippen LogP contribution is 2.48. The molecule has 1 aromatic rings. The quantitative estimate of drug-likeness (QED) is 0.210. The van der Waals surface area contributed by atoms with Crippen molar-refractivity contribution in [2.24, 2.45) is 0 Å². The zero-order valence-corrected chi connectivity index (χ0v) is 14.4. The third-order valence-corrected chi connectivity index (χ3v) is 6.37. The number of non-ortho nitro benzene ring substituents is 1. The van der Waals surface area contributed by atoms with Crippen molar-refractivity contribution in [2.45, 2.75) is 31.2 Å². The van der Waals surface area contributed by atoms with E-state index < -0.39 is 15.3 Å². The van der Waals surface area contributed by atoms with E-state index in [1.165, 1.54) is 30.1 Å². The van der Waals surface area contributed by atoms with Crippen molar-refractivity contribution in [1.82, 2.24) is 4.90 Å². The lowest BCUT2D eigenvalue weighted by Crippen LogP contribution is -2.55. The Bertz CT molecular complexity index is 658. The Balaban J connectivity index is 2.36. The molecule has 0 aromatic heterocycles. The summed E-state index contributed by atoms with van der Waals surface area (Å²) in [5, 5.41) is 23.3. The average Bonchev–Trinajstić information content (AvgIpc) is 2.60. The van der Waals surface area contributed by atoms with Gasteiger partial charge in [0.1, 0.15) is 9.86 Å². The van der Waals surface area contributed by atoms with Crippen molar-refractivity contribution < 1.29 is 9.66 Å². The first-order valence-corrected chi connectivity index (χ1v) is 7.84. The fourth-order valence-electron chi connectivity index (χ4n) is 2.16. The molecule has 0 amide bonds. The lowest BCUT2D eigenvalue weighted by molar-refractivity contribution is -0.522. The predicted molar refractivity (Wildman–Crippen MR) is 92.3 cm³/mol. The molecule has 1 aliphatic heterocycles. The monoisotopic (exact) mass is 339 g/mol. The van der Waals surface area contributed by atoms with Gasteiger partial charge in [-0.15, -0.1) is 0 Å². The highest BCUT2D eigenvalue weighted by Gasteiger charge is 2.59. The number of thioether (sulfide) groups is 1. The van der Waals surface area contributed by atoms with Crippen molar-refractivity contribution in [3.8, 4) is 0 Å². The third-order valence-electron chi connectivity index (χ3n) is 4.32. The largest absolute Gasteiger partial charge is 0.623 e. The number of rotatable bonds is 3. The van der Waals surface area contributed by atoms with Gasteiger partial charge in [-0.1, -0.05) is 12.2 Å². The Morgan fingerprint density at radius 2 is 1.77 bits per heavy atom. The zero-order chi connectivity index (χ0) is 16.7. The van der Waals surface area contributed by atoms with Crippen LogP contribution >= 0.6 is 24.0 Å². The van der Waals surface area contributed by atoms with Crippen LogP contribution in [0.3, 0.4) is 0 Å². The highest BCUT2D eigenvalue weighted by molar-refractivity contribution is 8.24. The molecule has 1 aromatic carbocycles. The van der Waals surface area contributed by atoms with E-state index in [1.807, 2.05) is 32.7 Å². The summed E-state index contributed by atoms with van der Waals surface area (Å²) in [5.41, 5.74) is 0.157. The number of benzene rings is 1. The van der Waals surface area contributed by atoms with Crippen LogP contribution in [0.2, 0.25) is 0 Å². The molecule has 1 aliphatic rings. The van der Waals surface area contributed by atoms with E-state index >= 15 is 0 Å². The minimum absolute atomic E-state index is 0.00251. The number of nitrogens with zero attached hydrogens (tertiary/aromatic N) is 3. The van der Waals surface area contributed by atoms with Gasteiger partial charge < -0.3 is 10.1 Å². The molecule has 1 atom stereocenters. The fraction of sp³-hybridized carbons (Fsp3) is 0.429. The maximum atomic E-state index is 12.7. The van der Waals surface area contributed by atoms with Crippen molar-refractivity contribution >= 4 is 40.2 Å². The van der Waals surface area contributed by atoms with Gasteiger partial charge in [-0.2, -0.15) is 4.74 Å². The number of thiocarbonyl (C=S) groups is 1. The molecule has 8 heteroatoms. The van der Waals surface area contributed by atoms with Gasteiger partial charge in [-0.25, -0.2) is 0 Å². The van der Waals surface area contributed by atoms with Crippen molar-refractivity contribution in [1.29, 1.82) is 0 Å². The van der Waals surface area contributed by atoms with Gasteiger partial charge in [-0.3, -0.25) is 10.1 Å². The Morgan fingerprint density at radius 1 is 1.23 bits per heavy atom. The fourth-order valence-corrected chi connectivity index (χ4v) is 4.11. The van der Waals surface area contributed by atoms with Gasteiger partial charge in [0.15, 0.2) is 6.21 Å². The summed E-state index contributed by atoms with van der Waals surface area (Å²) in [7, 11) is 1.88. The first kappa shape index (κ1) is 16.7. The number of hydrogen-bond acceptors (Lipinski definition) is 5. The summed E-state index contributed by atoms with van der Waals surface area (Å²) in [5.74, 6) is 0. The molecule has 0 radical (unpaired) electrons. The second kappa shape index (κ2) is 5.51. The molecule has 22 heavy (non-hydrogen) atoms. The summed E-state index contributed by atoms with van der Waals surface area (Å²) < 4.78 is 1.56. The van der Waals surface area contributed by atoms with Gasteiger partial charge in [-0.05, 0) is 37.7 Å². The average molecular weight is 339 g/mol. The Morgan fingerprint density at radius 3 is 2.18 bits per heavy atom. The van der Waals surface area contributed by atoms with Crippen molar-refractivity contribution in [3.05, 3.63) is 45.2 Å². The molecule has 1 saturated heterocycles. The molecule has 1 fully saturated rings. The highest BCUT2D eigenvalue weighted by atomic mass is 32.2. The van der Waals surface area contributed by atoms with Crippen LogP contribution in [0, 0.1) is 15.3 Å². The van der Waals surface area contributed by atoms with Crippen LogP contribution in [-0.2, 0) is 0 Å². The van der Waals surface area contributed by atoms with Crippen LogP contribution < -0.4 is 0 Å². The van der Waals surface area contributed by atoms with Crippen LogP contribution in [0.1, 0.15) is 26.3 Å². The number of likely N-dealkylation sites (N-methyl/N-ethyl adjacent to an activating group) is 1. The van der Waals surface area contributed by atoms with Crippen LogP contribution in [0.25, 0.3) is 0 Å². The molecule has 0 spiro atoms. The first-order valence-electron chi connectivity index (χ1n) is 6.62. The summed E-state index contributed by atoms with van der Waals surface area (Å²) in [6.45, 7) is 5.78. The maximum absolute atomic E-state index is 12.7. The van der Waals surface area contributed by atoms with Gasteiger partial charge >= 0.3 is 0 Å². The number of hydroxylamine groups is 1. The molecular weight excluding hydrogens is 322 g/mol. The summed E-state index contributed by atoms with van der Waals surface area (Å²) in [4.78, 5) is 11.3. The molecule has 0 unspecified atom stereocenters. The standard InChI is InChI=1S/C14H17N3O3S2/c1-13(2)14(3,22-12(21)15(13)4)16(18)9-10-5-7-11(8-6-10)17(19)20/h5-9H,1-4H3/b16-9+/t14-/m1/s1. The van der Waals surface area contributed by atoms with Crippen LogP contribution in [0.4, 0.5) is 5.69 Å². The van der Waals surface area contributed by atoms with Gasteiger partial charge in [0.05, 0.1) is 4.92 Å². The number of nitro groups is 1. The second-order valence-electron chi connectivity index (χ2n) is 5.77. The van der Waals surface area contributed by atoms with E-state index in [-0.39, 0.29) is 5.69 Å². The van der Waals surface area contributed by atoms with E-state index in [0.717, 1.165) is 4.74 Å². The smallest absolute Gasteiger partial charge is 0.269 e. The molecular formula is C14H17N3O3S2. The Kier molecular flexibility index (Phi) is 4.18. The van der Waals surface area contributed by atoms with E-state index in [4.69, 9.17) is 12.2 Å². The van der Waals surface area contributed by atoms with E-state index in [1.54, 1.807) is 12.1 Å². The number of nitro benzene ring substituents is 1. The molecule has 2 rings (SSSR count). The van der Waals surface area contributed by atoms with E-state index in [2.05, 4.69) is 0 Å². The minimum atomic E-state index is -0.777. The molecule has 0 saturated carbocycles. The summed E-state index contributed by atoms with van der Waals surface area (Å²) in [6.07, 6.45) is 1.44. The predicted octanol–water partition coefficient (Wildman–Crippen LogP) is 2.98. The second-order valence-corrected chi connectivity index (χ2v) is 7.80. The van der Waals surface area contributed by atoms with E-state index in [9.17, 15) is 15.3 Å². The van der Waals surface area contributed by atoms with E-state index in [0.29, 0.717) is 9.88 Å². The Labute approximate surface area is 138 Å². The third kappa shape index (κ3) is 2.56.